The maximum atomic E-state index is 11.3. The number of H-pyrrole nitrogens is 2. The van der Waals surface area contributed by atoms with Gasteiger partial charge in [-0.3, -0.25) is 14.2 Å². The second-order valence-electron chi connectivity index (χ2n) is 4.03. The molecule has 9 heteroatoms. The van der Waals surface area contributed by atoms with Crippen molar-refractivity contribution in [3.63, 3.8) is 0 Å². The summed E-state index contributed by atoms with van der Waals surface area (Å²) in [6, 6.07) is 2.95. The zero-order chi connectivity index (χ0) is 14.2. The van der Waals surface area contributed by atoms with Gasteiger partial charge in [0.25, 0.3) is 0 Å². The summed E-state index contributed by atoms with van der Waals surface area (Å²) in [4.78, 5) is 45.0. The molecule has 7 nitrogen and oxygen atoms in total. The summed E-state index contributed by atoms with van der Waals surface area (Å²) in [5.41, 5.74) is -0.539. The highest BCUT2D eigenvalue weighted by atomic mass is 35.5. The Kier molecular flexibility index (Phi) is 3.64. The third-order valence-electron chi connectivity index (χ3n) is 2.55. The van der Waals surface area contributed by atoms with Crippen molar-refractivity contribution in [2.45, 2.75) is 6.42 Å². The first-order chi connectivity index (χ1) is 8.76. The minimum atomic E-state index is -4.15. The number of benzene rings is 1. The molecule has 0 saturated carbocycles. The maximum Gasteiger partial charge on any atom is 0.325 e. The van der Waals surface area contributed by atoms with Crippen LogP contribution in [-0.4, -0.2) is 25.9 Å². The molecule has 0 amide bonds. The molecule has 0 aliphatic heterocycles. The van der Waals surface area contributed by atoms with E-state index in [4.69, 9.17) is 21.4 Å². The topological polar surface area (TPSA) is 123 Å². The van der Waals surface area contributed by atoms with Crippen LogP contribution in [0, 0.1) is 0 Å². The molecule has 0 spiro atoms. The van der Waals surface area contributed by atoms with Crippen LogP contribution in [0.25, 0.3) is 11.0 Å². The summed E-state index contributed by atoms with van der Waals surface area (Å²) in [7, 11) is -4.15. The summed E-state index contributed by atoms with van der Waals surface area (Å²) in [6.07, 6.45) is -0.340. The highest BCUT2D eigenvalue weighted by Crippen LogP contribution is 2.35. The number of aryl methyl sites for hydroxylation is 1. The van der Waals surface area contributed by atoms with E-state index in [9.17, 15) is 14.2 Å². The number of hydrogen-bond donors (Lipinski definition) is 4. The van der Waals surface area contributed by atoms with Crippen LogP contribution in [0.5, 0.6) is 0 Å². The average molecular weight is 305 g/mol. The van der Waals surface area contributed by atoms with Crippen molar-refractivity contribution in [1.82, 2.24) is 9.97 Å². The van der Waals surface area contributed by atoms with Crippen LogP contribution in [0.3, 0.4) is 0 Å². The normalized spacial score (nSPS) is 11.9. The Balaban J connectivity index is 2.59. The Morgan fingerprint density at radius 3 is 2.42 bits per heavy atom. The van der Waals surface area contributed by atoms with Crippen LogP contribution in [-0.2, 0) is 11.0 Å². The smallest absolute Gasteiger partial charge is 0.324 e. The Labute approximate surface area is 111 Å². The molecule has 1 aromatic heterocycles. The summed E-state index contributed by atoms with van der Waals surface area (Å²) < 4.78 is 10.9. The highest BCUT2D eigenvalue weighted by molar-refractivity contribution is 7.51. The Morgan fingerprint density at radius 2 is 1.79 bits per heavy atom. The van der Waals surface area contributed by atoms with Gasteiger partial charge in [0.15, 0.2) is 0 Å². The second kappa shape index (κ2) is 4.94. The first-order valence-corrected chi connectivity index (χ1v) is 7.43. The zero-order valence-corrected chi connectivity index (χ0v) is 11.2. The second-order valence-corrected chi connectivity index (χ2v) is 6.25. The lowest BCUT2D eigenvalue weighted by Crippen LogP contribution is -2.29. The molecule has 1 heterocycles. The molecule has 19 heavy (non-hydrogen) atoms. The predicted molar refractivity (Wildman–Crippen MR) is 70.8 cm³/mol. The molecule has 2 aromatic rings. The van der Waals surface area contributed by atoms with E-state index in [0.717, 1.165) is 0 Å². The first-order valence-electron chi connectivity index (χ1n) is 5.25. The molecular formula is C10H10ClN2O5P. The summed E-state index contributed by atoms with van der Waals surface area (Å²) in [5.74, 6) is 0. The van der Waals surface area contributed by atoms with Gasteiger partial charge in [0.05, 0.1) is 17.2 Å². The van der Waals surface area contributed by atoms with Gasteiger partial charge in [0.2, 0.25) is 0 Å². The van der Waals surface area contributed by atoms with E-state index in [0.29, 0.717) is 21.6 Å². The standard InChI is InChI=1S/C10H10ClN2O5P/c11-6-3-5(1-2-19(16,17)18)8-7(4-6)12-9(14)10(15)13-8/h3-4H,1-2H2,(H,12,14)(H,13,15)(H2,16,17,18). The van der Waals surface area contributed by atoms with E-state index in [1.807, 2.05) is 0 Å². The number of aromatic amines is 2. The van der Waals surface area contributed by atoms with Gasteiger partial charge in [-0.15, -0.1) is 0 Å². The van der Waals surface area contributed by atoms with Gasteiger partial charge in [-0.2, -0.15) is 0 Å². The third-order valence-corrected chi connectivity index (χ3v) is 3.57. The molecule has 2 rings (SSSR count). The quantitative estimate of drug-likeness (QED) is 0.488. The number of nitrogens with one attached hydrogen (secondary N) is 2. The number of rotatable bonds is 3. The zero-order valence-electron chi connectivity index (χ0n) is 9.51. The predicted octanol–water partition coefficient (Wildman–Crippen LogP) is 0.590. The lowest BCUT2D eigenvalue weighted by atomic mass is 10.1. The molecule has 0 radical (unpaired) electrons. The van der Waals surface area contributed by atoms with Gasteiger partial charge in [-0.1, -0.05) is 11.6 Å². The summed E-state index contributed by atoms with van der Waals surface area (Å²) in [6.45, 7) is 0. The van der Waals surface area contributed by atoms with Crippen molar-refractivity contribution in [1.29, 1.82) is 0 Å². The third kappa shape index (κ3) is 3.33. The number of aromatic nitrogens is 2. The van der Waals surface area contributed by atoms with Crippen LogP contribution in [0.15, 0.2) is 21.7 Å². The van der Waals surface area contributed by atoms with E-state index in [-0.39, 0.29) is 12.6 Å². The van der Waals surface area contributed by atoms with Crippen LogP contribution in [0.1, 0.15) is 5.56 Å². The fourth-order valence-electron chi connectivity index (χ4n) is 1.72. The van der Waals surface area contributed by atoms with Crippen molar-refractivity contribution in [2.24, 2.45) is 0 Å². The van der Waals surface area contributed by atoms with Gasteiger partial charge >= 0.3 is 18.7 Å². The SMILES string of the molecule is O=c1[nH]c2cc(Cl)cc(CCP(=O)(O)O)c2[nH]c1=O. The largest absolute Gasteiger partial charge is 0.325 e. The Bertz CT molecular complexity index is 791. The molecule has 0 aliphatic rings. The minimum absolute atomic E-state index is 0.0311. The molecule has 0 fully saturated rings. The van der Waals surface area contributed by atoms with E-state index in [1.54, 1.807) is 0 Å². The van der Waals surface area contributed by atoms with Gasteiger partial charge in [-0.05, 0) is 24.1 Å². The molecule has 0 unspecified atom stereocenters. The fraction of sp³-hybridized carbons (Fsp3) is 0.200. The average Bonchev–Trinajstić information content (AvgIpc) is 2.27. The van der Waals surface area contributed by atoms with Gasteiger partial charge < -0.3 is 19.8 Å². The minimum Gasteiger partial charge on any atom is -0.324 e. The number of fused-ring (bicyclic) bond motifs is 1. The van der Waals surface area contributed by atoms with Crippen LogP contribution < -0.4 is 11.1 Å². The molecule has 102 valence electrons. The van der Waals surface area contributed by atoms with E-state index < -0.39 is 18.7 Å². The van der Waals surface area contributed by atoms with E-state index in [2.05, 4.69) is 9.97 Å². The summed E-state index contributed by atoms with van der Waals surface area (Å²) >= 11 is 5.86. The van der Waals surface area contributed by atoms with Crippen LogP contribution in [0.2, 0.25) is 5.02 Å². The van der Waals surface area contributed by atoms with E-state index >= 15 is 0 Å². The van der Waals surface area contributed by atoms with Crippen molar-refractivity contribution in [3.8, 4) is 0 Å². The molecule has 0 atom stereocenters. The van der Waals surface area contributed by atoms with Crippen LogP contribution >= 0.6 is 19.2 Å². The highest BCUT2D eigenvalue weighted by Gasteiger charge is 2.15. The van der Waals surface area contributed by atoms with Gasteiger partial charge in [0.1, 0.15) is 0 Å². The summed E-state index contributed by atoms with van der Waals surface area (Å²) in [5, 5.41) is 0.302. The van der Waals surface area contributed by atoms with Gasteiger partial charge in [-0.25, -0.2) is 0 Å². The molecule has 0 bridgehead atoms. The monoisotopic (exact) mass is 304 g/mol. The van der Waals surface area contributed by atoms with Crippen LogP contribution in [0.4, 0.5) is 0 Å². The van der Waals surface area contributed by atoms with Crippen molar-refractivity contribution in [3.05, 3.63) is 43.4 Å². The van der Waals surface area contributed by atoms with Crippen molar-refractivity contribution >= 4 is 30.2 Å². The van der Waals surface area contributed by atoms with Crippen molar-refractivity contribution in [2.75, 3.05) is 6.16 Å². The van der Waals surface area contributed by atoms with E-state index in [1.165, 1.54) is 12.1 Å². The maximum absolute atomic E-state index is 11.3. The Hall–Kier alpha value is -1.40. The lowest BCUT2D eigenvalue weighted by molar-refractivity contribution is 0.373. The van der Waals surface area contributed by atoms with Crippen molar-refractivity contribution < 1.29 is 14.4 Å². The first kappa shape index (κ1) is 14.0. The number of hydrogen-bond acceptors (Lipinski definition) is 3. The Morgan fingerprint density at radius 1 is 1.16 bits per heavy atom. The van der Waals surface area contributed by atoms with Gasteiger partial charge in [0, 0.05) is 5.02 Å². The fourth-order valence-corrected chi connectivity index (χ4v) is 2.50. The lowest BCUT2D eigenvalue weighted by Gasteiger charge is -2.08. The molecule has 0 aliphatic carbocycles. The molecule has 4 N–H and O–H groups in total. The number of halogens is 1. The molecular weight excluding hydrogens is 295 g/mol. The molecule has 1 aromatic carbocycles. The molecule has 0 saturated heterocycles.